The number of amides is 2. The molecule has 5 rings (SSSR count). The van der Waals surface area contributed by atoms with E-state index in [2.05, 4.69) is 12.2 Å². The van der Waals surface area contributed by atoms with Gasteiger partial charge in [-0.3, -0.25) is 14.5 Å². The summed E-state index contributed by atoms with van der Waals surface area (Å²) in [5.41, 5.74) is 1.52. The van der Waals surface area contributed by atoms with E-state index in [0.717, 1.165) is 12.0 Å². The normalized spacial score (nSPS) is 28.1. The molecule has 27 heavy (non-hydrogen) atoms. The van der Waals surface area contributed by atoms with Crippen LogP contribution < -0.4 is 9.64 Å². The zero-order valence-electron chi connectivity index (χ0n) is 14.5. The van der Waals surface area contributed by atoms with E-state index in [4.69, 9.17) is 16.3 Å². The van der Waals surface area contributed by atoms with Gasteiger partial charge < -0.3 is 4.74 Å². The topological polar surface area (TPSA) is 46.6 Å². The van der Waals surface area contributed by atoms with Crippen LogP contribution in [0.1, 0.15) is 12.0 Å². The van der Waals surface area contributed by atoms with Crippen LogP contribution >= 0.6 is 11.6 Å². The Bertz CT molecular complexity index is 922. The number of halogens is 1. The molecule has 136 valence electrons. The number of ether oxygens (including phenoxy) is 1. The Balaban J connectivity index is 1.32. The Morgan fingerprint density at radius 1 is 0.926 bits per heavy atom. The predicted octanol–water partition coefficient (Wildman–Crippen LogP) is 4.23. The lowest BCUT2D eigenvalue weighted by atomic mass is 9.85. The van der Waals surface area contributed by atoms with Crippen LogP contribution in [0.3, 0.4) is 0 Å². The number of benzene rings is 2. The van der Waals surface area contributed by atoms with E-state index >= 15 is 0 Å². The van der Waals surface area contributed by atoms with Crippen LogP contribution in [0.2, 0.25) is 5.02 Å². The van der Waals surface area contributed by atoms with Gasteiger partial charge >= 0.3 is 0 Å². The van der Waals surface area contributed by atoms with Crippen molar-refractivity contribution in [1.29, 1.82) is 0 Å². The SMILES string of the molecule is O=C1[C@H]2[C@H](C(=O)N1c1ccc(OCc3ccccc3Cl)cc1)[C@H]1C=C[C@H]2C1. The van der Waals surface area contributed by atoms with Gasteiger partial charge in [0.05, 0.1) is 17.5 Å². The quantitative estimate of drug-likeness (QED) is 0.590. The summed E-state index contributed by atoms with van der Waals surface area (Å²) in [6.45, 7) is 0.361. The number of hydrogen-bond donors (Lipinski definition) is 0. The van der Waals surface area contributed by atoms with Crippen molar-refractivity contribution in [3.8, 4) is 5.75 Å². The van der Waals surface area contributed by atoms with Gasteiger partial charge in [0, 0.05) is 10.6 Å². The summed E-state index contributed by atoms with van der Waals surface area (Å²) < 4.78 is 5.78. The molecule has 3 aliphatic rings. The highest BCUT2D eigenvalue weighted by Crippen LogP contribution is 2.53. The van der Waals surface area contributed by atoms with E-state index in [1.165, 1.54) is 4.90 Å². The molecule has 0 N–H and O–H groups in total. The molecule has 2 bridgehead atoms. The van der Waals surface area contributed by atoms with Gasteiger partial charge in [-0.05, 0) is 48.6 Å². The third-order valence-corrected chi connectivity index (χ3v) is 6.29. The van der Waals surface area contributed by atoms with Crippen molar-refractivity contribution in [2.24, 2.45) is 23.7 Å². The van der Waals surface area contributed by atoms with E-state index < -0.39 is 0 Å². The maximum atomic E-state index is 12.8. The van der Waals surface area contributed by atoms with Crippen molar-refractivity contribution in [2.45, 2.75) is 13.0 Å². The molecule has 1 saturated carbocycles. The van der Waals surface area contributed by atoms with Crippen LogP contribution in [-0.4, -0.2) is 11.8 Å². The lowest BCUT2D eigenvalue weighted by molar-refractivity contribution is -0.123. The third-order valence-electron chi connectivity index (χ3n) is 5.92. The maximum Gasteiger partial charge on any atom is 0.238 e. The van der Waals surface area contributed by atoms with Crippen LogP contribution in [0.4, 0.5) is 5.69 Å². The molecule has 2 aliphatic carbocycles. The fraction of sp³-hybridized carbons (Fsp3) is 0.273. The molecule has 1 saturated heterocycles. The molecule has 2 amide bonds. The highest BCUT2D eigenvalue weighted by Gasteiger charge is 2.59. The van der Waals surface area contributed by atoms with Crippen molar-refractivity contribution >= 4 is 29.1 Å². The van der Waals surface area contributed by atoms with E-state index in [-0.39, 0.29) is 35.5 Å². The first kappa shape index (κ1) is 16.6. The van der Waals surface area contributed by atoms with E-state index in [1.807, 2.05) is 24.3 Å². The molecule has 4 nitrogen and oxygen atoms in total. The Hall–Kier alpha value is -2.59. The zero-order chi connectivity index (χ0) is 18.5. The number of nitrogens with zero attached hydrogens (tertiary/aromatic N) is 1. The van der Waals surface area contributed by atoms with E-state index in [9.17, 15) is 9.59 Å². The predicted molar refractivity (Wildman–Crippen MR) is 102 cm³/mol. The summed E-state index contributed by atoms with van der Waals surface area (Å²) >= 11 is 6.14. The van der Waals surface area contributed by atoms with Crippen LogP contribution in [-0.2, 0) is 16.2 Å². The standard InChI is InChI=1S/C22H18ClNO3/c23-18-4-2-1-3-15(18)12-27-17-9-7-16(8-10-17)24-21(25)19-13-5-6-14(11-13)20(19)22(24)26/h1-10,13-14,19-20H,11-12H2/t13-,14-,19+,20+/m0/s1. The van der Waals surface area contributed by atoms with Crippen molar-refractivity contribution in [1.82, 2.24) is 0 Å². The molecule has 4 atom stereocenters. The largest absolute Gasteiger partial charge is 0.489 e. The molecule has 2 fully saturated rings. The Morgan fingerprint density at radius 3 is 2.19 bits per heavy atom. The average molecular weight is 380 g/mol. The maximum absolute atomic E-state index is 12.8. The molecule has 2 aromatic carbocycles. The number of imide groups is 1. The first-order valence-electron chi connectivity index (χ1n) is 9.16. The second-order valence-electron chi connectivity index (χ2n) is 7.39. The molecular weight excluding hydrogens is 362 g/mol. The summed E-state index contributed by atoms with van der Waals surface area (Å²) in [5.74, 6) is 0.629. The Morgan fingerprint density at radius 2 is 1.56 bits per heavy atom. The summed E-state index contributed by atoms with van der Waals surface area (Å²) in [6, 6.07) is 14.6. The van der Waals surface area contributed by atoms with Crippen molar-refractivity contribution < 1.29 is 14.3 Å². The first-order valence-corrected chi connectivity index (χ1v) is 9.53. The molecule has 0 aromatic heterocycles. The average Bonchev–Trinajstić information content (AvgIpc) is 3.36. The van der Waals surface area contributed by atoms with Crippen LogP contribution in [0.25, 0.3) is 0 Å². The van der Waals surface area contributed by atoms with Gasteiger partial charge in [0.25, 0.3) is 0 Å². The Kier molecular flexibility index (Phi) is 3.83. The third kappa shape index (κ3) is 2.59. The molecule has 0 spiro atoms. The number of carbonyl (C=O) groups excluding carboxylic acids is 2. The molecule has 1 heterocycles. The minimum Gasteiger partial charge on any atom is -0.489 e. The van der Waals surface area contributed by atoms with Gasteiger partial charge in [0.1, 0.15) is 12.4 Å². The Labute approximate surface area is 162 Å². The summed E-state index contributed by atoms with van der Waals surface area (Å²) in [5, 5.41) is 0.664. The smallest absolute Gasteiger partial charge is 0.238 e. The monoisotopic (exact) mass is 379 g/mol. The fourth-order valence-electron chi connectivity index (χ4n) is 4.62. The highest BCUT2D eigenvalue weighted by atomic mass is 35.5. The van der Waals surface area contributed by atoms with Crippen LogP contribution in [0, 0.1) is 23.7 Å². The number of hydrogen-bond acceptors (Lipinski definition) is 3. The lowest BCUT2D eigenvalue weighted by Gasteiger charge is -2.17. The van der Waals surface area contributed by atoms with E-state index in [1.54, 1.807) is 24.3 Å². The van der Waals surface area contributed by atoms with Gasteiger partial charge in [-0.25, -0.2) is 0 Å². The number of anilines is 1. The zero-order valence-corrected chi connectivity index (χ0v) is 15.3. The minimum absolute atomic E-state index is 0.0633. The molecular formula is C22H18ClNO3. The van der Waals surface area contributed by atoms with Crippen molar-refractivity contribution in [3.63, 3.8) is 0 Å². The van der Waals surface area contributed by atoms with Crippen LogP contribution in [0.5, 0.6) is 5.75 Å². The summed E-state index contributed by atoms with van der Waals surface area (Å²) in [6.07, 6.45) is 5.15. The van der Waals surface area contributed by atoms with Crippen LogP contribution in [0.15, 0.2) is 60.7 Å². The van der Waals surface area contributed by atoms with E-state index in [0.29, 0.717) is 23.1 Å². The number of carbonyl (C=O) groups is 2. The summed E-state index contributed by atoms with van der Waals surface area (Å²) in [4.78, 5) is 27.1. The van der Waals surface area contributed by atoms with Gasteiger partial charge in [0.15, 0.2) is 0 Å². The van der Waals surface area contributed by atoms with Crippen molar-refractivity contribution in [2.75, 3.05) is 4.90 Å². The molecule has 0 radical (unpaired) electrons. The highest BCUT2D eigenvalue weighted by molar-refractivity contribution is 6.31. The molecule has 1 aliphatic heterocycles. The van der Waals surface area contributed by atoms with Gasteiger partial charge in [0.2, 0.25) is 11.8 Å². The van der Waals surface area contributed by atoms with Gasteiger partial charge in [-0.15, -0.1) is 0 Å². The minimum atomic E-state index is -0.177. The summed E-state index contributed by atoms with van der Waals surface area (Å²) in [7, 11) is 0. The second kappa shape index (κ2) is 6.24. The number of rotatable bonds is 4. The lowest BCUT2D eigenvalue weighted by Crippen LogP contribution is -2.32. The van der Waals surface area contributed by atoms with Gasteiger partial charge in [-0.1, -0.05) is 42.0 Å². The van der Waals surface area contributed by atoms with Crippen molar-refractivity contribution in [3.05, 3.63) is 71.3 Å². The molecule has 0 unspecified atom stereocenters. The van der Waals surface area contributed by atoms with Gasteiger partial charge in [-0.2, -0.15) is 0 Å². The number of fused-ring (bicyclic) bond motifs is 5. The number of allylic oxidation sites excluding steroid dienone is 2. The molecule has 5 heteroatoms. The molecule has 2 aromatic rings. The fourth-order valence-corrected chi connectivity index (χ4v) is 4.82. The second-order valence-corrected chi connectivity index (χ2v) is 7.79. The first-order chi connectivity index (χ1) is 13.1.